The highest BCUT2D eigenvalue weighted by atomic mass is 16.1. The maximum Gasteiger partial charge on any atom is 0.248 e. The standard InChI is InChI=1S/C16H18N2O/c17-16(19)14-9-4-10-15(12-14)18-11-5-8-13-6-2-1-3-7-13/h1-4,6-7,9-10,12,18H,5,8,11H2,(H2,17,19). The number of primary amides is 1. The molecule has 0 unspecified atom stereocenters. The second-order valence-corrected chi connectivity index (χ2v) is 4.46. The SMILES string of the molecule is NC(=O)c1cccc(NCCCc2ccccc2)c1. The Morgan fingerprint density at radius 2 is 1.84 bits per heavy atom. The van der Waals surface area contributed by atoms with Crippen LogP contribution in [0.2, 0.25) is 0 Å². The van der Waals surface area contributed by atoms with Gasteiger partial charge in [0.05, 0.1) is 0 Å². The minimum atomic E-state index is -0.395. The molecule has 0 aliphatic rings. The molecule has 2 aromatic rings. The minimum Gasteiger partial charge on any atom is -0.385 e. The lowest BCUT2D eigenvalue weighted by molar-refractivity contribution is 0.100. The molecule has 19 heavy (non-hydrogen) atoms. The van der Waals surface area contributed by atoms with Crippen LogP contribution < -0.4 is 11.1 Å². The predicted molar refractivity (Wildman–Crippen MR) is 78.2 cm³/mol. The average Bonchev–Trinajstić information content (AvgIpc) is 2.45. The molecular weight excluding hydrogens is 236 g/mol. The summed E-state index contributed by atoms with van der Waals surface area (Å²) in [6.45, 7) is 0.872. The molecule has 0 aliphatic heterocycles. The van der Waals surface area contributed by atoms with Crippen molar-refractivity contribution in [2.75, 3.05) is 11.9 Å². The van der Waals surface area contributed by atoms with Crippen molar-refractivity contribution in [3.05, 3.63) is 65.7 Å². The van der Waals surface area contributed by atoms with Crippen LogP contribution in [0.25, 0.3) is 0 Å². The molecule has 0 bridgehead atoms. The third kappa shape index (κ3) is 4.14. The van der Waals surface area contributed by atoms with E-state index in [0.717, 1.165) is 25.1 Å². The molecule has 2 aromatic carbocycles. The molecule has 0 spiro atoms. The lowest BCUT2D eigenvalue weighted by Crippen LogP contribution is -2.11. The van der Waals surface area contributed by atoms with Crippen LogP contribution in [0.5, 0.6) is 0 Å². The van der Waals surface area contributed by atoms with Crippen molar-refractivity contribution in [1.82, 2.24) is 0 Å². The summed E-state index contributed by atoms with van der Waals surface area (Å²) in [4.78, 5) is 11.1. The quantitative estimate of drug-likeness (QED) is 0.779. The lowest BCUT2D eigenvalue weighted by Gasteiger charge is -2.07. The molecule has 0 aliphatic carbocycles. The van der Waals surface area contributed by atoms with E-state index < -0.39 is 5.91 Å². The van der Waals surface area contributed by atoms with E-state index in [1.165, 1.54) is 5.56 Å². The maximum absolute atomic E-state index is 11.1. The smallest absolute Gasteiger partial charge is 0.248 e. The van der Waals surface area contributed by atoms with Crippen LogP contribution in [0.4, 0.5) is 5.69 Å². The zero-order valence-corrected chi connectivity index (χ0v) is 10.8. The largest absolute Gasteiger partial charge is 0.385 e. The van der Waals surface area contributed by atoms with Crippen LogP contribution in [-0.2, 0) is 6.42 Å². The third-order valence-electron chi connectivity index (χ3n) is 2.96. The zero-order valence-electron chi connectivity index (χ0n) is 10.8. The predicted octanol–water partition coefficient (Wildman–Crippen LogP) is 2.83. The van der Waals surface area contributed by atoms with Crippen molar-refractivity contribution in [2.24, 2.45) is 5.73 Å². The first-order valence-electron chi connectivity index (χ1n) is 6.43. The monoisotopic (exact) mass is 254 g/mol. The second kappa shape index (κ2) is 6.59. The van der Waals surface area contributed by atoms with Crippen LogP contribution in [0.15, 0.2) is 54.6 Å². The third-order valence-corrected chi connectivity index (χ3v) is 2.96. The molecule has 0 radical (unpaired) electrons. The first-order chi connectivity index (χ1) is 9.25. The van der Waals surface area contributed by atoms with Crippen molar-refractivity contribution >= 4 is 11.6 Å². The Morgan fingerprint density at radius 3 is 2.58 bits per heavy atom. The zero-order chi connectivity index (χ0) is 13.5. The maximum atomic E-state index is 11.1. The number of benzene rings is 2. The van der Waals surface area contributed by atoms with Gasteiger partial charge in [-0.3, -0.25) is 4.79 Å². The highest BCUT2D eigenvalue weighted by Gasteiger charge is 2.00. The van der Waals surface area contributed by atoms with Gasteiger partial charge in [0.2, 0.25) is 5.91 Å². The van der Waals surface area contributed by atoms with Crippen molar-refractivity contribution in [2.45, 2.75) is 12.8 Å². The number of hydrogen-bond donors (Lipinski definition) is 2. The normalized spacial score (nSPS) is 10.1. The topological polar surface area (TPSA) is 55.1 Å². The first kappa shape index (κ1) is 13.1. The van der Waals surface area contributed by atoms with E-state index in [1.807, 2.05) is 18.2 Å². The molecule has 0 fully saturated rings. The van der Waals surface area contributed by atoms with E-state index in [1.54, 1.807) is 12.1 Å². The molecule has 1 amide bonds. The Labute approximate surface area is 113 Å². The number of anilines is 1. The van der Waals surface area contributed by atoms with Crippen LogP contribution >= 0.6 is 0 Å². The van der Waals surface area contributed by atoms with Gasteiger partial charge in [-0.2, -0.15) is 0 Å². The number of rotatable bonds is 6. The summed E-state index contributed by atoms with van der Waals surface area (Å²) in [5, 5.41) is 3.30. The molecule has 2 rings (SSSR count). The molecule has 98 valence electrons. The van der Waals surface area contributed by atoms with E-state index in [2.05, 4.69) is 29.6 Å². The first-order valence-corrected chi connectivity index (χ1v) is 6.43. The summed E-state index contributed by atoms with van der Waals surface area (Å²) in [6.07, 6.45) is 2.09. The van der Waals surface area contributed by atoms with Crippen LogP contribution in [-0.4, -0.2) is 12.5 Å². The van der Waals surface area contributed by atoms with E-state index in [4.69, 9.17) is 5.73 Å². The molecule has 0 heterocycles. The molecular formula is C16H18N2O. The summed E-state index contributed by atoms with van der Waals surface area (Å²) in [6, 6.07) is 17.7. The van der Waals surface area contributed by atoms with Gasteiger partial charge in [-0.1, -0.05) is 36.4 Å². The fraction of sp³-hybridized carbons (Fsp3) is 0.188. The van der Waals surface area contributed by atoms with Crippen LogP contribution in [0.3, 0.4) is 0 Å². The molecule has 0 atom stereocenters. The van der Waals surface area contributed by atoms with Gasteiger partial charge in [-0.15, -0.1) is 0 Å². The summed E-state index contributed by atoms with van der Waals surface area (Å²) < 4.78 is 0. The molecule has 3 nitrogen and oxygen atoms in total. The van der Waals surface area contributed by atoms with Gasteiger partial charge in [0.15, 0.2) is 0 Å². The summed E-state index contributed by atoms with van der Waals surface area (Å²) in [5.41, 5.74) is 8.06. The van der Waals surface area contributed by atoms with Crippen molar-refractivity contribution in [3.63, 3.8) is 0 Å². The molecule has 0 saturated heterocycles. The summed E-state index contributed by atoms with van der Waals surface area (Å²) >= 11 is 0. The molecule has 0 saturated carbocycles. The summed E-state index contributed by atoms with van der Waals surface area (Å²) in [5.74, 6) is -0.395. The fourth-order valence-corrected chi connectivity index (χ4v) is 1.95. The van der Waals surface area contributed by atoms with Crippen LogP contribution in [0.1, 0.15) is 22.3 Å². The Bertz CT molecular complexity index is 537. The minimum absolute atomic E-state index is 0.395. The average molecular weight is 254 g/mol. The van der Waals surface area contributed by atoms with Gasteiger partial charge in [0, 0.05) is 17.8 Å². The Morgan fingerprint density at radius 1 is 1.05 bits per heavy atom. The van der Waals surface area contributed by atoms with Crippen LogP contribution in [0, 0.1) is 0 Å². The molecule has 3 heteroatoms. The second-order valence-electron chi connectivity index (χ2n) is 4.46. The van der Waals surface area contributed by atoms with Crippen molar-refractivity contribution < 1.29 is 4.79 Å². The van der Waals surface area contributed by atoms with Crippen molar-refractivity contribution in [1.29, 1.82) is 0 Å². The number of amides is 1. The van der Waals surface area contributed by atoms with Gasteiger partial charge >= 0.3 is 0 Å². The van der Waals surface area contributed by atoms with Gasteiger partial charge in [-0.05, 0) is 36.6 Å². The Balaban J connectivity index is 1.80. The Kier molecular flexibility index (Phi) is 4.56. The van der Waals surface area contributed by atoms with Gasteiger partial charge in [-0.25, -0.2) is 0 Å². The number of carbonyl (C=O) groups excluding carboxylic acids is 1. The Hall–Kier alpha value is -2.29. The van der Waals surface area contributed by atoms with E-state index >= 15 is 0 Å². The number of nitrogens with one attached hydrogen (secondary N) is 1. The summed E-state index contributed by atoms with van der Waals surface area (Å²) in [7, 11) is 0. The van der Waals surface area contributed by atoms with Gasteiger partial charge < -0.3 is 11.1 Å². The van der Waals surface area contributed by atoms with E-state index in [-0.39, 0.29) is 0 Å². The number of aryl methyl sites for hydroxylation is 1. The highest BCUT2D eigenvalue weighted by Crippen LogP contribution is 2.10. The number of nitrogens with two attached hydrogens (primary N) is 1. The van der Waals surface area contributed by atoms with E-state index in [0.29, 0.717) is 5.56 Å². The fourth-order valence-electron chi connectivity index (χ4n) is 1.95. The highest BCUT2D eigenvalue weighted by molar-refractivity contribution is 5.93. The number of carbonyl (C=O) groups is 1. The van der Waals surface area contributed by atoms with Crippen molar-refractivity contribution in [3.8, 4) is 0 Å². The van der Waals surface area contributed by atoms with Gasteiger partial charge in [0.1, 0.15) is 0 Å². The lowest BCUT2D eigenvalue weighted by atomic mass is 10.1. The van der Waals surface area contributed by atoms with Gasteiger partial charge in [0.25, 0.3) is 0 Å². The number of hydrogen-bond acceptors (Lipinski definition) is 2. The molecule has 0 aromatic heterocycles. The molecule has 3 N–H and O–H groups in total. The van der Waals surface area contributed by atoms with E-state index in [9.17, 15) is 4.79 Å².